The lowest BCUT2D eigenvalue weighted by atomic mass is 9.88. The van der Waals surface area contributed by atoms with Crippen LogP contribution in [0.15, 0.2) is 61.2 Å². The van der Waals surface area contributed by atoms with E-state index in [-0.39, 0.29) is 23.8 Å². The second kappa shape index (κ2) is 11.5. The van der Waals surface area contributed by atoms with Crippen molar-refractivity contribution in [3.8, 4) is 5.75 Å². The number of fused-ring (bicyclic) bond motifs is 2. The van der Waals surface area contributed by atoms with Gasteiger partial charge in [-0.3, -0.25) is 4.40 Å². The molecule has 3 fully saturated rings. The molecule has 14 heteroatoms. The summed E-state index contributed by atoms with van der Waals surface area (Å²) in [6.07, 6.45) is 9.12. The molecule has 1 unspecified atom stereocenters. The topological polar surface area (TPSA) is 152 Å². The van der Waals surface area contributed by atoms with Crippen LogP contribution in [0.3, 0.4) is 0 Å². The highest BCUT2D eigenvalue weighted by atomic mass is 16.5. The minimum absolute atomic E-state index is 0.0543. The molecule has 2 saturated heterocycles. The molecule has 1 aromatic carbocycles. The van der Waals surface area contributed by atoms with Gasteiger partial charge in [-0.15, -0.1) is 5.10 Å². The van der Waals surface area contributed by atoms with Gasteiger partial charge in [0.05, 0.1) is 38.2 Å². The standard InChI is InChI=1S/C34H37N9O5/c1-22-16-24(48-21-33(8-9-33)23-6-4-3-5-7-23)18-43-28(22)37-27(39-43)26(44)19-41-20-34(38-32(41)46)10-13-40(14-11-34)29-30-35-12-15-42(30)25(17-36-29)31(45)47-2/h3-7,12,15-18,26,44H,8-11,13-14,19-21H2,1-2H3,(H,38,46). The number of benzene rings is 1. The number of β-amino-alcohol motifs (C(OH)–C–C–N with tert-alkyl or cyclic N) is 1. The number of aryl methyl sites for hydroxylation is 1. The number of aliphatic hydroxyl groups excluding tert-OH is 1. The van der Waals surface area contributed by atoms with Crippen molar-refractivity contribution in [1.82, 2.24) is 39.2 Å². The summed E-state index contributed by atoms with van der Waals surface area (Å²) in [6.45, 7) is 4.32. The predicted octanol–water partition coefficient (Wildman–Crippen LogP) is 3.08. The number of urea groups is 1. The van der Waals surface area contributed by atoms with E-state index >= 15 is 0 Å². The van der Waals surface area contributed by atoms with Crippen molar-refractivity contribution in [2.75, 3.05) is 44.8 Å². The molecule has 1 atom stereocenters. The summed E-state index contributed by atoms with van der Waals surface area (Å²) >= 11 is 0. The number of aromatic nitrogens is 6. The number of nitrogens with one attached hydrogen (secondary N) is 1. The molecule has 1 aliphatic carbocycles. The number of hydrogen-bond donors (Lipinski definition) is 2. The fourth-order valence-corrected chi connectivity index (χ4v) is 7.07. The number of amides is 2. The molecule has 8 rings (SSSR count). The molecule has 48 heavy (non-hydrogen) atoms. The van der Waals surface area contributed by atoms with Crippen molar-refractivity contribution >= 4 is 29.1 Å². The van der Waals surface area contributed by atoms with Crippen LogP contribution in [-0.4, -0.2) is 96.4 Å². The van der Waals surface area contributed by atoms with Gasteiger partial charge in [0.15, 0.2) is 28.6 Å². The lowest BCUT2D eigenvalue weighted by Gasteiger charge is -2.39. The molecular formula is C34H37N9O5. The van der Waals surface area contributed by atoms with E-state index in [1.165, 1.54) is 18.9 Å². The van der Waals surface area contributed by atoms with Gasteiger partial charge < -0.3 is 29.7 Å². The molecule has 1 spiro atoms. The monoisotopic (exact) mass is 651 g/mol. The molecule has 3 aliphatic rings. The summed E-state index contributed by atoms with van der Waals surface area (Å²) in [5, 5.41) is 19.0. The Balaban J connectivity index is 0.912. The van der Waals surface area contributed by atoms with E-state index in [2.05, 4.69) is 54.5 Å². The molecule has 248 valence electrons. The number of esters is 1. The van der Waals surface area contributed by atoms with Crippen LogP contribution in [0.4, 0.5) is 10.6 Å². The Labute approximate surface area is 276 Å². The highest BCUT2D eigenvalue weighted by molar-refractivity contribution is 5.89. The van der Waals surface area contributed by atoms with E-state index in [9.17, 15) is 14.7 Å². The Kier molecular flexibility index (Phi) is 7.20. The smallest absolute Gasteiger partial charge is 0.356 e. The number of aliphatic hydroxyl groups is 1. The molecule has 2 aliphatic heterocycles. The maximum absolute atomic E-state index is 13.1. The number of carbonyl (C=O) groups is 2. The van der Waals surface area contributed by atoms with Crippen molar-refractivity contribution in [3.63, 3.8) is 0 Å². The first kappa shape index (κ1) is 30.1. The summed E-state index contributed by atoms with van der Waals surface area (Å²) < 4.78 is 14.5. The van der Waals surface area contributed by atoms with Crippen molar-refractivity contribution in [1.29, 1.82) is 0 Å². The second-order valence-electron chi connectivity index (χ2n) is 13.2. The number of pyridine rings is 1. The van der Waals surface area contributed by atoms with Gasteiger partial charge in [-0.25, -0.2) is 29.1 Å². The van der Waals surface area contributed by atoms with E-state index in [4.69, 9.17) is 9.47 Å². The Morgan fingerprint density at radius 3 is 2.65 bits per heavy atom. The first-order valence-corrected chi connectivity index (χ1v) is 16.2. The van der Waals surface area contributed by atoms with Gasteiger partial charge in [0.2, 0.25) is 0 Å². The number of ether oxygens (including phenoxy) is 2. The highest BCUT2D eigenvalue weighted by Gasteiger charge is 2.46. The van der Waals surface area contributed by atoms with Crippen LogP contribution >= 0.6 is 0 Å². The fourth-order valence-electron chi connectivity index (χ4n) is 7.07. The molecule has 0 radical (unpaired) electrons. The Hall–Kier alpha value is -5.24. The van der Waals surface area contributed by atoms with Crippen LogP contribution in [0.2, 0.25) is 0 Å². The SMILES string of the molecule is COC(=O)c1cnc(N2CCC3(CC2)CN(CC(O)c2nc4c(C)cc(OCC5(c6ccccc6)CC5)cn4n2)C(=O)N3)c2nccn12. The van der Waals surface area contributed by atoms with Crippen LogP contribution < -0.4 is 15.0 Å². The van der Waals surface area contributed by atoms with Crippen LogP contribution in [0.1, 0.15) is 59.2 Å². The zero-order valence-electron chi connectivity index (χ0n) is 26.9. The van der Waals surface area contributed by atoms with E-state index in [1.807, 2.05) is 19.1 Å². The largest absolute Gasteiger partial charge is 0.491 e. The zero-order chi connectivity index (χ0) is 33.0. The second-order valence-corrected chi connectivity index (χ2v) is 13.2. The number of piperidine rings is 1. The van der Waals surface area contributed by atoms with E-state index in [0.29, 0.717) is 67.6 Å². The minimum atomic E-state index is -1.06. The fraction of sp³-hybridized carbons (Fsp3) is 0.412. The van der Waals surface area contributed by atoms with Gasteiger partial charge in [0.1, 0.15) is 11.9 Å². The first-order valence-electron chi connectivity index (χ1n) is 16.2. The van der Waals surface area contributed by atoms with Crippen molar-refractivity contribution in [3.05, 3.63) is 83.8 Å². The summed E-state index contributed by atoms with van der Waals surface area (Å²) in [6, 6.07) is 12.2. The number of nitrogens with zero attached hydrogens (tertiary/aromatic N) is 8. The predicted molar refractivity (Wildman–Crippen MR) is 174 cm³/mol. The number of anilines is 1. The Morgan fingerprint density at radius 2 is 1.90 bits per heavy atom. The molecule has 2 amide bonds. The highest BCUT2D eigenvalue weighted by Crippen LogP contribution is 2.48. The van der Waals surface area contributed by atoms with E-state index < -0.39 is 17.6 Å². The van der Waals surface area contributed by atoms with Crippen LogP contribution in [0, 0.1) is 6.92 Å². The summed E-state index contributed by atoms with van der Waals surface area (Å²) in [7, 11) is 1.33. The normalized spacial score (nSPS) is 18.8. The van der Waals surface area contributed by atoms with E-state index in [0.717, 1.165) is 18.4 Å². The molecule has 4 aromatic heterocycles. The molecule has 6 heterocycles. The van der Waals surface area contributed by atoms with Gasteiger partial charge in [-0.05, 0) is 49.8 Å². The van der Waals surface area contributed by atoms with Gasteiger partial charge in [-0.1, -0.05) is 30.3 Å². The maximum Gasteiger partial charge on any atom is 0.356 e. The van der Waals surface area contributed by atoms with Crippen LogP contribution in [0.25, 0.3) is 11.3 Å². The molecule has 14 nitrogen and oxygen atoms in total. The van der Waals surface area contributed by atoms with Gasteiger partial charge in [0.25, 0.3) is 0 Å². The van der Waals surface area contributed by atoms with Gasteiger partial charge in [0, 0.05) is 37.4 Å². The summed E-state index contributed by atoms with van der Waals surface area (Å²) in [5.41, 5.74) is 3.31. The Bertz CT molecular complexity index is 2010. The third-order valence-electron chi connectivity index (χ3n) is 10.0. The zero-order valence-corrected chi connectivity index (χ0v) is 26.9. The molecule has 2 N–H and O–H groups in total. The number of methoxy groups -OCH3 is 1. The quantitative estimate of drug-likeness (QED) is 0.228. The molecule has 1 saturated carbocycles. The number of carbonyl (C=O) groups excluding carboxylic acids is 2. The third-order valence-corrected chi connectivity index (χ3v) is 10.0. The van der Waals surface area contributed by atoms with Crippen molar-refractivity contribution < 1.29 is 24.2 Å². The summed E-state index contributed by atoms with van der Waals surface area (Å²) in [5.74, 6) is 1.14. The van der Waals surface area contributed by atoms with Gasteiger partial charge >= 0.3 is 12.0 Å². The molecule has 5 aromatic rings. The lowest BCUT2D eigenvalue weighted by molar-refractivity contribution is 0.0591. The average Bonchev–Trinajstić information content (AvgIpc) is 3.38. The lowest BCUT2D eigenvalue weighted by Crippen LogP contribution is -2.52. The third kappa shape index (κ3) is 5.25. The van der Waals surface area contributed by atoms with Crippen LogP contribution in [-0.2, 0) is 10.2 Å². The van der Waals surface area contributed by atoms with Crippen molar-refractivity contribution in [2.45, 2.75) is 49.7 Å². The number of imidazole rings is 1. The maximum atomic E-state index is 13.1. The van der Waals surface area contributed by atoms with Gasteiger partial charge in [-0.2, -0.15) is 0 Å². The minimum Gasteiger partial charge on any atom is -0.491 e. The number of hydrogen-bond acceptors (Lipinski definition) is 10. The molecule has 0 bridgehead atoms. The number of rotatable bonds is 9. The Morgan fingerprint density at radius 1 is 1.10 bits per heavy atom. The van der Waals surface area contributed by atoms with Crippen LogP contribution in [0.5, 0.6) is 5.75 Å². The van der Waals surface area contributed by atoms with Crippen molar-refractivity contribution in [2.24, 2.45) is 0 Å². The van der Waals surface area contributed by atoms with E-state index in [1.54, 1.807) is 32.4 Å². The first-order chi connectivity index (χ1) is 23.3. The molecular weight excluding hydrogens is 614 g/mol. The summed E-state index contributed by atoms with van der Waals surface area (Å²) in [4.78, 5) is 42.7. The average molecular weight is 652 g/mol.